The molecular weight excluding hydrogens is 249 g/mol. The molecule has 1 rings (SSSR count). The van der Waals surface area contributed by atoms with Gasteiger partial charge in [0, 0.05) is 5.69 Å². The number of nitrogens with one attached hydrogen (secondary N) is 1. The van der Waals surface area contributed by atoms with Crippen LogP contribution in [0.5, 0.6) is 0 Å². The van der Waals surface area contributed by atoms with E-state index >= 15 is 0 Å². The number of carbonyl (C=O) groups excluding carboxylic acids is 1. The molecule has 0 bridgehead atoms. The van der Waals surface area contributed by atoms with Crippen molar-refractivity contribution in [2.75, 3.05) is 5.32 Å². The molecule has 1 amide bonds. The van der Waals surface area contributed by atoms with E-state index in [-0.39, 0.29) is 11.8 Å². The second-order valence-electron chi connectivity index (χ2n) is 4.70. The molecule has 1 aromatic carbocycles. The van der Waals surface area contributed by atoms with Gasteiger partial charge in [0.15, 0.2) is 5.84 Å². The lowest BCUT2D eigenvalue weighted by atomic mass is 9.93. The standard InChI is InChI=1S/C13H18FN3O2/c1-7(2)11(12(15)17-19)13(18)16-9-5-4-8(3)10(14)6-9/h4-7,11,19H,1-3H3,(H2,15,17)(H,16,18). The molecule has 0 radical (unpaired) electrons. The number of amidine groups is 1. The summed E-state index contributed by atoms with van der Waals surface area (Å²) in [5.74, 6) is -1.92. The highest BCUT2D eigenvalue weighted by Crippen LogP contribution is 2.17. The topological polar surface area (TPSA) is 87.7 Å². The number of halogens is 1. The van der Waals surface area contributed by atoms with Gasteiger partial charge in [0.1, 0.15) is 11.7 Å². The maximum Gasteiger partial charge on any atom is 0.235 e. The summed E-state index contributed by atoms with van der Waals surface area (Å²) in [6.45, 7) is 5.18. The van der Waals surface area contributed by atoms with Crippen LogP contribution in [0, 0.1) is 24.6 Å². The van der Waals surface area contributed by atoms with Gasteiger partial charge in [0.05, 0.1) is 0 Å². The number of oxime groups is 1. The molecule has 1 atom stereocenters. The van der Waals surface area contributed by atoms with Gasteiger partial charge in [-0.1, -0.05) is 25.1 Å². The van der Waals surface area contributed by atoms with Crippen molar-refractivity contribution >= 4 is 17.4 Å². The Morgan fingerprint density at radius 1 is 1.47 bits per heavy atom. The SMILES string of the molecule is Cc1ccc(NC(=O)C(C(N)=NO)C(C)C)cc1F. The van der Waals surface area contributed by atoms with Gasteiger partial charge < -0.3 is 16.3 Å². The van der Waals surface area contributed by atoms with E-state index < -0.39 is 17.6 Å². The molecule has 0 saturated heterocycles. The minimum Gasteiger partial charge on any atom is -0.409 e. The van der Waals surface area contributed by atoms with Gasteiger partial charge in [-0.3, -0.25) is 4.79 Å². The minimum atomic E-state index is -0.769. The zero-order valence-electron chi connectivity index (χ0n) is 11.1. The molecule has 6 heteroatoms. The zero-order valence-corrected chi connectivity index (χ0v) is 11.1. The Hall–Kier alpha value is -2.11. The fraction of sp³-hybridized carbons (Fsp3) is 0.385. The van der Waals surface area contributed by atoms with E-state index in [0.29, 0.717) is 11.3 Å². The summed E-state index contributed by atoms with van der Waals surface area (Å²) < 4.78 is 13.4. The summed E-state index contributed by atoms with van der Waals surface area (Å²) in [5, 5.41) is 14.1. The third kappa shape index (κ3) is 3.67. The van der Waals surface area contributed by atoms with Crippen molar-refractivity contribution in [1.29, 1.82) is 0 Å². The van der Waals surface area contributed by atoms with Gasteiger partial charge in [0.2, 0.25) is 5.91 Å². The van der Waals surface area contributed by atoms with E-state index in [9.17, 15) is 9.18 Å². The Labute approximate surface area is 111 Å². The Bertz CT molecular complexity index is 501. The number of amides is 1. The molecule has 1 unspecified atom stereocenters. The van der Waals surface area contributed by atoms with E-state index in [4.69, 9.17) is 10.9 Å². The predicted octanol–water partition coefficient (Wildman–Crippen LogP) is 2.09. The summed E-state index contributed by atoms with van der Waals surface area (Å²) in [5.41, 5.74) is 6.32. The van der Waals surface area contributed by atoms with Crippen LogP contribution in [0.4, 0.5) is 10.1 Å². The fourth-order valence-electron chi connectivity index (χ4n) is 1.73. The number of rotatable bonds is 4. The summed E-state index contributed by atoms with van der Waals surface area (Å²) in [7, 11) is 0. The van der Waals surface area contributed by atoms with E-state index in [1.54, 1.807) is 32.9 Å². The predicted molar refractivity (Wildman–Crippen MR) is 71.5 cm³/mol. The number of benzene rings is 1. The van der Waals surface area contributed by atoms with Crippen LogP contribution in [0.2, 0.25) is 0 Å². The van der Waals surface area contributed by atoms with Crippen molar-refractivity contribution in [3.63, 3.8) is 0 Å². The van der Waals surface area contributed by atoms with Crippen LogP contribution in [0.1, 0.15) is 19.4 Å². The Kier molecular flexibility index (Phi) is 4.86. The lowest BCUT2D eigenvalue weighted by molar-refractivity contribution is -0.119. The van der Waals surface area contributed by atoms with Crippen LogP contribution in [-0.4, -0.2) is 17.0 Å². The molecule has 0 fully saturated rings. The number of hydrogen-bond acceptors (Lipinski definition) is 3. The third-order valence-corrected chi connectivity index (χ3v) is 2.82. The third-order valence-electron chi connectivity index (χ3n) is 2.82. The van der Waals surface area contributed by atoms with E-state index in [1.807, 2.05) is 0 Å². The largest absolute Gasteiger partial charge is 0.409 e. The normalized spacial score (nSPS) is 13.4. The maximum atomic E-state index is 13.4. The van der Waals surface area contributed by atoms with Crippen LogP contribution in [0.3, 0.4) is 0 Å². The molecule has 19 heavy (non-hydrogen) atoms. The smallest absolute Gasteiger partial charge is 0.235 e. The second kappa shape index (κ2) is 6.17. The molecular formula is C13H18FN3O2. The Morgan fingerprint density at radius 3 is 2.58 bits per heavy atom. The number of anilines is 1. The van der Waals surface area contributed by atoms with E-state index in [2.05, 4.69) is 10.5 Å². The first-order valence-corrected chi connectivity index (χ1v) is 5.91. The molecule has 1 aromatic rings. The molecule has 0 aromatic heterocycles. The quantitative estimate of drug-likeness (QED) is 0.338. The van der Waals surface area contributed by atoms with E-state index in [1.165, 1.54) is 6.07 Å². The number of nitrogens with zero attached hydrogens (tertiary/aromatic N) is 1. The Morgan fingerprint density at radius 2 is 2.11 bits per heavy atom. The first-order chi connectivity index (χ1) is 8.86. The molecule has 0 saturated carbocycles. The van der Waals surface area contributed by atoms with Gasteiger partial charge in [-0.15, -0.1) is 0 Å². The minimum absolute atomic E-state index is 0.147. The average Bonchev–Trinajstić information content (AvgIpc) is 2.33. The van der Waals surface area contributed by atoms with Gasteiger partial charge in [-0.25, -0.2) is 4.39 Å². The molecule has 0 spiro atoms. The van der Waals surface area contributed by atoms with Crippen molar-refractivity contribution < 1.29 is 14.4 Å². The molecule has 0 heterocycles. The second-order valence-corrected chi connectivity index (χ2v) is 4.70. The summed E-state index contributed by atoms with van der Waals surface area (Å²) in [6.07, 6.45) is 0. The molecule has 4 N–H and O–H groups in total. The van der Waals surface area contributed by atoms with Crippen LogP contribution >= 0.6 is 0 Å². The molecule has 0 aliphatic heterocycles. The van der Waals surface area contributed by atoms with Crippen molar-refractivity contribution in [2.45, 2.75) is 20.8 Å². The monoisotopic (exact) mass is 267 g/mol. The highest BCUT2D eigenvalue weighted by atomic mass is 19.1. The maximum absolute atomic E-state index is 13.4. The van der Waals surface area contributed by atoms with Gasteiger partial charge >= 0.3 is 0 Å². The number of carbonyl (C=O) groups is 1. The van der Waals surface area contributed by atoms with Gasteiger partial charge in [-0.05, 0) is 30.5 Å². The average molecular weight is 267 g/mol. The van der Waals surface area contributed by atoms with Crippen molar-refractivity contribution in [3.8, 4) is 0 Å². The molecule has 0 aliphatic rings. The van der Waals surface area contributed by atoms with E-state index in [0.717, 1.165) is 0 Å². The molecule has 104 valence electrons. The van der Waals surface area contributed by atoms with Crippen LogP contribution < -0.4 is 11.1 Å². The van der Waals surface area contributed by atoms with Gasteiger partial charge in [0.25, 0.3) is 0 Å². The van der Waals surface area contributed by atoms with Crippen molar-refractivity contribution in [3.05, 3.63) is 29.6 Å². The Balaban J connectivity index is 2.90. The van der Waals surface area contributed by atoms with Crippen LogP contribution in [-0.2, 0) is 4.79 Å². The number of hydrogen-bond donors (Lipinski definition) is 3. The highest BCUT2D eigenvalue weighted by Gasteiger charge is 2.26. The summed E-state index contributed by atoms with van der Waals surface area (Å²) in [6, 6.07) is 4.40. The van der Waals surface area contributed by atoms with Gasteiger partial charge in [-0.2, -0.15) is 0 Å². The van der Waals surface area contributed by atoms with Crippen molar-refractivity contribution in [1.82, 2.24) is 0 Å². The molecule has 5 nitrogen and oxygen atoms in total. The van der Waals surface area contributed by atoms with Crippen LogP contribution in [0.15, 0.2) is 23.4 Å². The molecule has 0 aliphatic carbocycles. The summed E-state index contributed by atoms with van der Waals surface area (Å²) >= 11 is 0. The first-order valence-electron chi connectivity index (χ1n) is 5.91. The lowest BCUT2D eigenvalue weighted by Crippen LogP contribution is -2.38. The fourth-order valence-corrected chi connectivity index (χ4v) is 1.73. The number of aryl methyl sites for hydroxylation is 1. The van der Waals surface area contributed by atoms with Crippen molar-refractivity contribution in [2.24, 2.45) is 22.7 Å². The number of nitrogens with two attached hydrogens (primary N) is 1. The lowest BCUT2D eigenvalue weighted by Gasteiger charge is -2.18. The first kappa shape index (κ1) is 14.9. The highest BCUT2D eigenvalue weighted by molar-refractivity contribution is 6.07. The zero-order chi connectivity index (χ0) is 14.6. The summed E-state index contributed by atoms with van der Waals surface area (Å²) in [4.78, 5) is 12.0. The van der Waals surface area contributed by atoms with Crippen LogP contribution in [0.25, 0.3) is 0 Å².